The van der Waals surface area contributed by atoms with Crippen molar-refractivity contribution in [2.45, 2.75) is 0 Å². The van der Waals surface area contributed by atoms with Gasteiger partial charge in [0, 0.05) is 105 Å². The molecular weight excluding hydrogens is 1530 g/mol. The van der Waals surface area contributed by atoms with Gasteiger partial charge in [-0.25, -0.2) is 0 Å². The minimum Gasteiger partial charge on any atom is -0.455 e. The van der Waals surface area contributed by atoms with Gasteiger partial charge in [0.2, 0.25) is 0 Å². The van der Waals surface area contributed by atoms with Gasteiger partial charge >= 0.3 is 0 Å². The van der Waals surface area contributed by atoms with Crippen LogP contribution in [-0.2, 0) is 0 Å². The Morgan fingerprint density at radius 3 is 0.881 bits per heavy atom. The van der Waals surface area contributed by atoms with Crippen LogP contribution < -0.4 is 14.7 Å². The minimum atomic E-state index is 0.891. The summed E-state index contributed by atoms with van der Waals surface area (Å²) in [7, 11) is 0. The quantitative estimate of drug-likeness (QED) is 0.0799. The van der Waals surface area contributed by atoms with E-state index in [1.807, 2.05) is 30.3 Å². The van der Waals surface area contributed by atoms with Crippen LogP contribution in [0.4, 0.5) is 51.2 Å². The summed E-state index contributed by atoms with van der Waals surface area (Å²) in [5.74, 6) is 0. The summed E-state index contributed by atoms with van der Waals surface area (Å²) in [6.45, 7) is 0. The van der Waals surface area contributed by atoms with E-state index in [4.69, 9.17) is 13.3 Å². The van der Waals surface area contributed by atoms with Crippen LogP contribution in [0, 0.1) is 0 Å². The smallest absolute Gasteiger partial charge is 0.143 e. The maximum Gasteiger partial charge on any atom is 0.143 e. The van der Waals surface area contributed by atoms with Crippen LogP contribution in [0.25, 0.3) is 186 Å². The second kappa shape index (κ2) is 30.7. The Kier molecular flexibility index (Phi) is 17.8. The Morgan fingerprint density at radius 1 is 0.151 bits per heavy atom. The molecule has 0 unspecified atom stereocenters. The second-order valence-corrected chi connectivity index (χ2v) is 32.4. The number of hydrogen-bond donors (Lipinski definition) is 0. The lowest BCUT2D eigenvalue weighted by Crippen LogP contribution is -2.12. The zero-order chi connectivity index (χ0) is 83.1. The first-order valence-corrected chi connectivity index (χ1v) is 43.0. The fourth-order valence-corrected chi connectivity index (χ4v) is 19.6. The maximum atomic E-state index is 6.57. The first-order valence-electron chi connectivity index (χ1n) is 43.0. The van der Waals surface area contributed by atoms with Crippen molar-refractivity contribution in [2.24, 2.45) is 0 Å². The summed E-state index contributed by atoms with van der Waals surface area (Å²) in [6, 6.07) is 168. The Hall–Kier alpha value is -16.8. The lowest BCUT2D eigenvalue weighted by molar-refractivity contribution is 0.669. The highest BCUT2D eigenvalue weighted by Crippen LogP contribution is 2.53. The Morgan fingerprint density at radius 2 is 0.444 bits per heavy atom. The van der Waals surface area contributed by atoms with E-state index in [-0.39, 0.29) is 0 Å². The summed E-state index contributed by atoms with van der Waals surface area (Å²) in [5, 5.41) is 21.0. The average Bonchev–Trinajstić information content (AvgIpc) is 0.817. The highest BCUT2D eigenvalue weighted by molar-refractivity contribution is 6.26. The fourth-order valence-electron chi connectivity index (χ4n) is 19.6. The zero-order valence-electron chi connectivity index (χ0n) is 68.5. The Bertz CT molecular complexity index is 8220. The van der Waals surface area contributed by atoms with Crippen molar-refractivity contribution < 1.29 is 13.3 Å². The summed E-state index contributed by atoms with van der Waals surface area (Å²) >= 11 is 0. The van der Waals surface area contributed by atoms with Gasteiger partial charge < -0.3 is 28.0 Å². The number of rotatable bonds is 14. The van der Waals surface area contributed by atoms with Gasteiger partial charge in [0.15, 0.2) is 0 Å². The normalized spacial score (nSPS) is 11.7. The van der Waals surface area contributed by atoms with Gasteiger partial charge in [-0.2, -0.15) is 0 Å². The molecule has 590 valence electrons. The number of hydrogen-bond acceptors (Lipinski definition) is 6. The SMILES string of the molecule is c1ccc(-c2c3ccccc3c(N(c3ccc(-c4cccc5ccccc45)cc3)c3cccc(-c4cccc5c4oc4ccccc45)c3)c3ccccc23)cc1.c1ccc(N(c2cccc(-c3cccc4c3oc3ccccc34)c2)c2cc3c4ccccc4c(N(c4ccccc4)c4cccc(-c5cccc6c5oc5ccccc56)c4)cc3c3ccccc23)cc1. The van der Waals surface area contributed by atoms with Crippen molar-refractivity contribution in [3.05, 3.63) is 467 Å². The van der Waals surface area contributed by atoms with Crippen molar-refractivity contribution in [1.82, 2.24) is 0 Å². The molecule has 0 aliphatic carbocycles. The molecule has 0 N–H and O–H groups in total. The monoisotopic (exact) mass is 1610 g/mol. The molecule has 6 heteroatoms. The van der Waals surface area contributed by atoms with E-state index in [9.17, 15) is 0 Å². The first-order chi connectivity index (χ1) is 62.5. The van der Waals surface area contributed by atoms with Crippen molar-refractivity contribution in [3.63, 3.8) is 0 Å². The number of furan rings is 3. The van der Waals surface area contributed by atoms with E-state index in [0.717, 1.165) is 161 Å². The summed E-state index contributed by atoms with van der Waals surface area (Å²) in [4.78, 5) is 7.28. The molecule has 0 bridgehead atoms. The molecule has 0 aliphatic rings. The molecule has 0 saturated carbocycles. The van der Waals surface area contributed by atoms with Crippen LogP contribution in [0.5, 0.6) is 0 Å². The molecule has 0 amide bonds. The molecule has 0 radical (unpaired) electrons. The van der Waals surface area contributed by atoms with E-state index in [2.05, 4.69) is 451 Å². The minimum absolute atomic E-state index is 0.891. The zero-order valence-corrected chi connectivity index (χ0v) is 68.5. The lowest BCUT2D eigenvalue weighted by atomic mass is 9.89. The molecule has 22 aromatic carbocycles. The van der Waals surface area contributed by atoms with Gasteiger partial charge in [-0.05, 0) is 185 Å². The molecule has 25 rings (SSSR count). The number of benzene rings is 22. The largest absolute Gasteiger partial charge is 0.455 e. The molecule has 0 atom stereocenters. The van der Waals surface area contributed by atoms with Gasteiger partial charge in [0.1, 0.15) is 33.5 Å². The van der Waals surface area contributed by atoms with Gasteiger partial charge in [0.25, 0.3) is 0 Å². The van der Waals surface area contributed by atoms with Crippen LogP contribution in [0.1, 0.15) is 0 Å². The maximum absolute atomic E-state index is 6.57. The molecule has 0 spiro atoms. The standard InChI is InChI=1S/C66H42N2O2.C54H35NO/c1-3-21-45(22-4-1)67(47-25-15-19-43(39-47)49-33-17-35-57-55-31-11-13-37-63(55)69-65(49)57)61-41-59-52-28-8-10-30-54(52)62(42-60(59)51-27-7-9-29-53(51)61)68(46-23-5-2-6-24-46)48-26-16-20-44(40-48)50-34-18-36-58-56-32-12-14-38-64(56)70-66(50)58;1-2-16-38(17-3-1)52-46-23-6-8-25-48(46)53(49-26-9-7-24-47(49)52)55(40-33-31-37(32-34-40)43-27-13-18-36-15-4-5-21-42(36)43)41-20-12-19-39(35-41)44-28-14-29-50-45-22-10-11-30-51(45)56-54(44)50/h1-42H;1-35H. The first kappa shape index (κ1) is 73.1. The van der Waals surface area contributed by atoms with Crippen LogP contribution >= 0.6 is 0 Å². The van der Waals surface area contributed by atoms with E-state index in [1.165, 1.54) is 76.1 Å². The highest BCUT2D eigenvalue weighted by atomic mass is 16.3. The molecule has 126 heavy (non-hydrogen) atoms. The van der Waals surface area contributed by atoms with Crippen LogP contribution in [0.2, 0.25) is 0 Å². The molecule has 0 aliphatic heterocycles. The van der Waals surface area contributed by atoms with Crippen molar-refractivity contribution in [1.29, 1.82) is 0 Å². The number of anilines is 9. The predicted molar refractivity (Wildman–Crippen MR) is 531 cm³/mol. The van der Waals surface area contributed by atoms with E-state index in [1.54, 1.807) is 0 Å². The second-order valence-electron chi connectivity index (χ2n) is 32.4. The number of fused-ring (bicyclic) bond motifs is 17. The Labute approximate surface area is 727 Å². The van der Waals surface area contributed by atoms with Crippen molar-refractivity contribution in [3.8, 4) is 55.6 Å². The van der Waals surface area contributed by atoms with Crippen molar-refractivity contribution >= 4 is 182 Å². The molecule has 0 fully saturated rings. The van der Waals surface area contributed by atoms with Crippen LogP contribution in [-0.4, -0.2) is 0 Å². The highest BCUT2D eigenvalue weighted by Gasteiger charge is 2.28. The third kappa shape index (κ3) is 12.5. The molecule has 3 heterocycles. The van der Waals surface area contributed by atoms with E-state index < -0.39 is 0 Å². The Balaban J connectivity index is 0.000000145. The lowest BCUT2D eigenvalue weighted by Gasteiger charge is -2.30. The molecule has 25 aromatic rings. The third-order valence-corrected chi connectivity index (χ3v) is 25.2. The molecular formula is C120H77N3O3. The number of para-hydroxylation sites is 8. The number of nitrogens with zero attached hydrogens (tertiary/aromatic N) is 3. The van der Waals surface area contributed by atoms with E-state index >= 15 is 0 Å². The van der Waals surface area contributed by atoms with E-state index in [0.29, 0.717) is 0 Å². The average molecular weight is 1610 g/mol. The molecule has 6 nitrogen and oxygen atoms in total. The van der Waals surface area contributed by atoms with Crippen molar-refractivity contribution in [2.75, 3.05) is 14.7 Å². The van der Waals surface area contributed by atoms with Gasteiger partial charge in [-0.3, -0.25) is 0 Å². The predicted octanol–water partition coefficient (Wildman–Crippen LogP) is 34.7. The molecule has 3 aromatic heterocycles. The van der Waals surface area contributed by atoms with Crippen LogP contribution in [0.3, 0.4) is 0 Å². The summed E-state index contributed by atoms with van der Waals surface area (Å²) < 4.78 is 19.7. The third-order valence-electron chi connectivity index (χ3n) is 25.2. The van der Waals surface area contributed by atoms with Gasteiger partial charge in [-0.1, -0.05) is 364 Å². The topological polar surface area (TPSA) is 49.1 Å². The summed E-state index contributed by atoms with van der Waals surface area (Å²) in [6.07, 6.45) is 0. The van der Waals surface area contributed by atoms with Gasteiger partial charge in [-0.15, -0.1) is 0 Å². The van der Waals surface area contributed by atoms with Gasteiger partial charge in [0.05, 0.1) is 17.1 Å². The fraction of sp³-hybridized carbons (Fsp3) is 0. The molecule has 0 saturated heterocycles. The summed E-state index contributed by atoms with van der Waals surface area (Å²) in [5.41, 5.74) is 26.4. The van der Waals surface area contributed by atoms with Crippen LogP contribution in [0.15, 0.2) is 480 Å².